The van der Waals surface area contributed by atoms with Crippen LogP contribution < -0.4 is 21.6 Å². The molecule has 29 heavy (non-hydrogen) atoms. The van der Waals surface area contributed by atoms with Gasteiger partial charge in [-0.2, -0.15) is 0 Å². The number of nitrogens with two attached hydrogens (primary N) is 1. The lowest BCUT2D eigenvalue weighted by Gasteiger charge is -2.14. The number of aromatic nitrogens is 1. The number of ether oxygens (including phenoxy) is 1. The monoisotopic (exact) mass is 413 g/mol. The van der Waals surface area contributed by atoms with Crippen LogP contribution in [0.1, 0.15) is 25.8 Å². The highest BCUT2D eigenvalue weighted by Crippen LogP contribution is 2.24. The van der Waals surface area contributed by atoms with E-state index in [-0.39, 0.29) is 11.7 Å². The second-order valence-electron chi connectivity index (χ2n) is 6.51. The summed E-state index contributed by atoms with van der Waals surface area (Å²) in [6.45, 7) is 4.67. The number of pyridine rings is 1. The van der Waals surface area contributed by atoms with Crippen molar-refractivity contribution in [3.63, 3.8) is 0 Å². The van der Waals surface area contributed by atoms with Crippen molar-refractivity contribution in [1.29, 1.82) is 0 Å². The zero-order valence-corrected chi connectivity index (χ0v) is 17.3. The Labute approximate surface area is 173 Å². The van der Waals surface area contributed by atoms with Crippen LogP contribution in [-0.4, -0.2) is 22.7 Å². The fourth-order valence-corrected chi connectivity index (χ4v) is 3.81. The average Bonchev–Trinajstić information content (AvgIpc) is 2.90. The summed E-state index contributed by atoms with van der Waals surface area (Å²) in [6, 6.07) is 7.69. The number of allylic oxidation sites excluding steroid dienone is 2. The molecule has 7 heteroatoms. The number of fused-ring (bicyclic) bond motifs is 1. The number of carbonyl (C=O) groups excluding carboxylic acids is 1. The number of carbonyl (C=O) groups is 1. The molecule has 1 heterocycles. The van der Waals surface area contributed by atoms with Crippen molar-refractivity contribution in [2.24, 2.45) is 5.73 Å². The molecule has 1 atom stereocenters. The largest absolute Gasteiger partial charge is 0.494 e. The summed E-state index contributed by atoms with van der Waals surface area (Å²) in [6.07, 6.45) is 6.73. The number of amides is 1. The second-order valence-corrected chi connectivity index (χ2v) is 7.84. The SMILES string of the molecule is CCOC1=CCC=c2nc(SC(C)C(=O)Nc3ccc(F)cc3)c(CN)cc2=C1. The highest BCUT2D eigenvalue weighted by Gasteiger charge is 2.18. The van der Waals surface area contributed by atoms with Crippen LogP contribution in [0.4, 0.5) is 10.1 Å². The molecular weight excluding hydrogens is 389 g/mol. The summed E-state index contributed by atoms with van der Waals surface area (Å²) in [5.41, 5.74) is 7.37. The van der Waals surface area contributed by atoms with Crippen LogP contribution in [0, 0.1) is 5.82 Å². The van der Waals surface area contributed by atoms with Crippen molar-refractivity contribution in [3.05, 3.63) is 64.1 Å². The Morgan fingerprint density at radius 1 is 1.34 bits per heavy atom. The first-order valence-corrected chi connectivity index (χ1v) is 10.4. The van der Waals surface area contributed by atoms with Gasteiger partial charge in [0.15, 0.2) is 0 Å². The van der Waals surface area contributed by atoms with Crippen LogP contribution in [0.5, 0.6) is 0 Å². The van der Waals surface area contributed by atoms with Gasteiger partial charge in [-0.25, -0.2) is 9.37 Å². The topological polar surface area (TPSA) is 77.2 Å². The Bertz CT molecular complexity index is 1040. The smallest absolute Gasteiger partial charge is 0.237 e. The fourth-order valence-electron chi connectivity index (χ4n) is 2.86. The summed E-state index contributed by atoms with van der Waals surface area (Å²) >= 11 is 1.36. The molecule has 0 fully saturated rings. The van der Waals surface area contributed by atoms with E-state index in [2.05, 4.69) is 5.32 Å². The Morgan fingerprint density at radius 2 is 2.10 bits per heavy atom. The number of thioether (sulfide) groups is 1. The number of hydrogen-bond acceptors (Lipinski definition) is 5. The zero-order chi connectivity index (χ0) is 20.8. The maximum atomic E-state index is 13.0. The minimum Gasteiger partial charge on any atom is -0.494 e. The third-order valence-corrected chi connectivity index (χ3v) is 5.49. The average molecular weight is 414 g/mol. The van der Waals surface area contributed by atoms with E-state index in [1.54, 1.807) is 0 Å². The number of halogens is 1. The van der Waals surface area contributed by atoms with E-state index in [4.69, 9.17) is 15.5 Å². The van der Waals surface area contributed by atoms with Crippen LogP contribution >= 0.6 is 11.8 Å². The molecule has 3 N–H and O–H groups in total. The van der Waals surface area contributed by atoms with Gasteiger partial charge in [0.1, 0.15) is 16.6 Å². The normalized spacial score (nSPS) is 13.9. The Kier molecular flexibility index (Phi) is 7.06. The van der Waals surface area contributed by atoms with Crippen molar-refractivity contribution in [1.82, 2.24) is 4.98 Å². The van der Waals surface area contributed by atoms with E-state index >= 15 is 0 Å². The van der Waals surface area contributed by atoms with E-state index in [0.29, 0.717) is 18.8 Å². The predicted octanol–water partition coefficient (Wildman–Crippen LogP) is 2.68. The summed E-state index contributed by atoms with van der Waals surface area (Å²) in [5, 5.41) is 4.93. The number of hydrogen-bond donors (Lipinski definition) is 2. The molecule has 3 rings (SSSR count). The summed E-state index contributed by atoms with van der Waals surface area (Å²) in [4.78, 5) is 17.3. The van der Waals surface area contributed by atoms with Gasteiger partial charge in [0.05, 0.1) is 17.2 Å². The van der Waals surface area contributed by atoms with Crippen LogP contribution in [0.25, 0.3) is 12.2 Å². The molecule has 1 unspecified atom stereocenters. The van der Waals surface area contributed by atoms with Crippen molar-refractivity contribution < 1.29 is 13.9 Å². The number of nitrogens with one attached hydrogen (secondary N) is 1. The van der Waals surface area contributed by atoms with Crippen LogP contribution in [0.2, 0.25) is 0 Å². The van der Waals surface area contributed by atoms with E-state index in [1.807, 2.05) is 38.1 Å². The molecule has 0 saturated heterocycles. The molecule has 0 aliphatic heterocycles. The van der Waals surface area contributed by atoms with Crippen molar-refractivity contribution >= 4 is 35.5 Å². The second kappa shape index (κ2) is 9.71. The van der Waals surface area contributed by atoms with Crippen LogP contribution in [0.15, 0.2) is 47.2 Å². The van der Waals surface area contributed by atoms with Gasteiger partial charge in [-0.3, -0.25) is 4.79 Å². The van der Waals surface area contributed by atoms with Gasteiger partial charge in [-0.05, 0) is 68.3 Å². The summed E-state index contributed by atoms with van der Waals surface area (Å²) < 4.78 is 18.7. The molecule has 0 radical (unpaired) electrons. The van der Waals surface area contributed by atoms with Crippen molar-refractivity contribution in [2.45, 2.75) is 37.1 Å². The molecule has 152 valence electrons. The van der Waals surface area contributed by atoms with E-state index in [9.17, 15) is 9.18 Å². The first-order valence-electron chi connectivity index (χ1n) is 9.48. The number of nitrogens with zero attached hydrogens (tertiary/aromatic N) is 1. The molecule has 1 aromatic heterocycles. The third-order valence-electron chi connectivity index (χ3n) is 4.35. The Morgan fingerprint density at radius 3 is 2.79 bits per heavy atom. The molecule has 1 aromatic carbocycles. The lowest BCUT2D eigenvalue weighted by molar-refractivity contribution is -0.115. The highest BCUT2D eigenvalue weighted by molar-refractivity contribution is 8.00. The molecule has 1 aliphatic rings. The van der Waals surface area contributed by atoms with E-state index in [1.165, 1.54) is 36.0 Å². The maximum Gasteiger partial charge on any atom is 0.237 e. The first kappa shape index (κ1) is 21.1. The molecular formula is C22H24FN3O2S. The third kappa shape index (κ3) is 5.46. The molecule has 0 spiro atoms. The van der Waals surface area contributed by atoms with Crippen molar-refractivity contribution in [2.75, 3.05) is 11.9 Å². The summed E-state index contributed by atoms with van der Waals surface area (Å²) in [5.74, 6) is 0.291. The van der Waals surface area contributed by atoms with E-state index in [0.717, 1.165) is 33.3 Å². The molecule has 0 bridgehead atoms. The minimum absolute atomic E-state index is 0.183. The first-order chi connectivity index (χ1) is 14.0. The molecule has 5 nitrogen and oxygen atoms in total. The summed E-state index contributed by atoms with van der Waals surface area (Å²) in [7, 11) is 0. The van der Waals surface area contributed by atoms with Gasteiger partial charge in [0.2, 0.25) is 5.91 Å². The lowest BCUT2D eigenvalue weighted by Crippen LogP contribution is -2.31. The molecule has 2 aromatic rings. The number of benzene rings is 1. The van der Waals surface area contributed by atoms with Crippen molar-refractivity contribution in [3.8, 4) is 0 Å². The van der Waals surface area contributed by atoms with Gasteiger partial charge in [0.25, 0.3) is 0 Å². The predicted molar refractivity (Wildman–Crippen MR) is 115 cm³/mol. The van der Waals surface area contributed by atoms with Crippen LogP contribution in [0.3, 0.4) is 0 Å². The van der Waals surface area contributed by atoms with Gasteiger partial charge < -0.3 is 15.8 Å². The Balaban J connectivity index is 1.81. The van der Waals surface area contributed by atoms with Gasteiger partial charge in [-0.15, -0.1) is 0 Å². The van der Waals surface area contributed by atoms with Crippen LogP contribution in [-0.2, 0) is 16.1 Å². The number of rotatable bonds is 7. The minimum atomic E-state index is -0.400. The standard InChI is InChI=1S/C22H24FN3O2S/c1-3-28-19-5-4-6-20-15(12-19)11-16(13-24)22(26-20)29-14(2)21(27)25-18-9-7-17(23)8-10-18/h5-12,14H,3-4,13,24H2,1-2H3,(H,25,27). The van der Waals surface area contributed by atoms with Gasteiger partial charge in [0, 0.05) is 17.5 Å². The maximum absolute atomic E-state index is 13.0. The molecule has 1 aliphatic carbocycles. The lowest BCUT2D eigenvalue weighted by atomic mass is 10.2. The van der Waals surface area contributed by atoms with Gasteiger partial charge >= 0.3 is 0 Å². The quantitative estimate of drug-likeness (QED) is 0.683. The highest BCUT2D eigenvalue weighted by atomic mass is 32.2. The Hall–Kier alpha value is -2.64. The number of anilines is 1. The molecule has 1 amide bonds. The zero-order valence-electron chi connectivity index (χ0n) is 16.4. The molecule has 0 saturated carbocycles. The fraction of sp³-hybridized carbons (Fsp3) is 0.273. The van der Waals surface area contributed by atoms with Gasteiger partial charge in [-0.1, -0.05) is 17.8 Å². The van der Waals surface area contributed by atoms with E-state index < -0.39 is 5.25 Å².